The second-order valence-corrected chi connectivity index (χ2v) is 6.49. The molecule has 1 amide bonds. The molecule has 0 aliphatic carbocycles. The van der Waals surface area contributed by atoms with E-state index in [1.165, 1.54) is 19.9 Å². The topological polar surface area (TPSA) is 87.4 Å². The van der Waals surface area contributed by atoms with Crippen molar-refractivity contribution in [2.24, 2.45) is 0 Å². The number of rotatable bonds is 7. The number of aliphatic hydroxyl groups is 1. The average molecular weight is 337 g/mol. The van der Waals surface area contributed by atoms with E-state index in [4.69, 9.17) is 4.52 Å². The molecule has 1 aromatic rings. The molecule has 6 nitrogen and oxygen atoms in total. The summed E-state index contributed by atoms with van der Waals surface area (Å²) in [5.41, 5.74) is -1.39. The number of nitrogens with zero attached hydrogens (tertiary/aromatic N) is 1. The summed E-state index contributed by atoms with van der Waals surface area (Å²) in [6, 6.07) is 1.47. The number of carbonyl (C=O) groups is 1. The Morgan fingerprint density at radius 1 is 1.30 bits per heavy atom. The molecule has 0 radical (unpaired) electrons. The lowest BCUT2D eigenvalue weighted by Crippen LogP contribution is -2.50. The van der Waals surface area contributed by atoms with Gasteiger partial charge in [0.2, 0.25) is 11.8 Å². The van der Waals surface area contributed by atoms with Crippen LogP contribution < -0.4 is 10.6 Å². The van der Waals surface area contributed by atoms with E-state index in [9.17, 15) is 23.1 Å². The summed E-state index contributed by atoms with van der Waals surface area (Å²) in [7, 11) is 0. The van der Waals surface area contributed by atoms with Crippen LogP contribution in [0.1, 0.15) is 39.8 Å². The quantitative estimate of drug-likeness (QED) is 0.710. The van der Waals surface area contributed by atoms with Gasteiger partial charge in [0.15, 0.2) is 0 Å². The molecule has 0 aromatic carbocycles. The molecular weight excluding hydrogens is 315 g/mol. The number of alkyl halides is 3. The molecule has 0 saturated carbocycles. The Morgan fingerprint density at radius 2 is 1.91 bits per heavy atom. The number of aromatic nitrogens is 1. The van der Waals surface area contributed by atoms with E-state index >= 15 is 0 Å². The largest absolute Gasteiger partial charge is 0.395 e. The SMILES string of the molecule is CC(C)(NCCC(F)(F)F)C(=O)Nc1cc(C(C)(C)CO)no1. The van der Waals surface area contributed by atoms with Gasteiger partial charge in [0.25, 0.3) is 0 Å². The van der Waals surface area contributed by atoms with Gasteiger partial charge in [-0.1, -0.05) is 19.0 Å². The Labute approximate surface area is 132 Å². The summed E-state index contributed by atoms with van der Waals surface area (Å²) in [6.07, 6.45) is -5.31. The first-order valence-corrected chi connectivity index (χ1v) is 7.09. The van der Waals surface area contributed by atoms with Crippen molar-refractivity contribution in [1.29, 1.82) is 0 Å². The Kier molecular flexibility index (Phi) is 5.81. The van der Waals surface area contributed by atoms with Crippen LogP contribution in [0.4, 0.5) is 19.1 Å². The van der Waals surface area contributed by atoms with Crippen molar-refractivity contribution >= 4 is 11.8 Å². The fourth-order valence-electron chi connectivity index (χ4n) is 1.60. The maximum Gasteiger partial charge on any atom is 0.390 e. The number of halogens is 3. The summed E-state index contributed by atoms with van der Waals surface area (Å²) in [5, 5.41) is 18.0. The van der Waals surface area contributed by atoms with Gasteiger partial charge in [-0.25, -0.2) is 0 Å². The second kappa shape index (κ2) is 6.88. The normalized spacial score (nSPS) is 13.2. The van der Waals surface area contributed by atoms with Gasteiger partial charge >= 0.3 is 6.18 Å². The Bertz CT molecular complexity index is 539. The molecule has 0 aliphatic rings. The predicted octanol–water partition coefficient (Wildman–Crippen LogP) is 2.20. The van der Waals surface area contributed by atoms with Gasteiger partial charge in [-0.05, 0) is 13.8 Å². The van der Waals surface area contributed by atoms with Gasteiger partial charge in [-0.3, -0.25) is 10.1 Å². The van der Waals surface area contributed by atoms with Crippen molar-refractivity contribution in [3.8, 4) is 0 Å². The van der Waals surface area contributed by atoms with E-state index < -0.39 is 29.5 Å². The lowest BCUT2D eigenvalue weighted by atomic mass is 9.91. The molecule has 0 aliphatic heterocycles. The Hall–Kier alpha value is -1.61. The predicted molar refractivity (Wildman–Crippen MR) is 78.0 cm³/mol. The third kappa shape index (κ3) is 5.83. The van der Waals surface area contributed by atoms with Crippen LogP contribution in [0.2, 0.25) is 0 Å². The highest BCUT2D eigenvalue weighted by Gasteiger charge is 2.32. The lowest BCUT2D eigenvalue weighted by Gasteiger charge is -2.24. The minimum absolute atomic E-state index is 0.0669. The van der Waals surface area contributed by atoms with Crippen LogP contribution in [0.5, 0.6) is 0 Å². The van der Waals surface area contributed by atoms with Gasteiger partial charge < -0.3 is 14.9 Å². The van der Waals surface area contributed by atoms with Crippen molar-refractivity contribution < 1.29 is 27.6 Å². The van der Waals surface area contributed by atoms with Crippen LogP contribution in [-0.2, 0) is 10.2 Å². The van der Waals surface area contributed by atoms with E-state index in [0.29, 0.717) is 5.69 Å². The number of hydrogen-bond donors (Lipinski definition) is 3. The number of hydrogen-bond acceptors (Lipinski definition) is 5. The molecular formula is C14H22F3N3O3. The fraction of sp³-hybridized carbons (Fsp3) is 0.714. The molecule has 132 valence electrons. The van der Waals surface area contributed by atoms with Crippen LogP contribution in [0.3, 0.4) is 0 Å². The van der Waals surface area contributed by atoms with Crippen molar-refractivity contribution in [2.75, 3.05) is 18.5 Å². The molecule has 0 atom stereocenters. The number of amides is 1. The summed E-state index contributed by atoms with van der Waals surface area (Å²) >= 11 is 0. The highest BCUT2D eigenvalue weighted by molar-refractivity contribution is 5.96. The van der Waals surface area contributed by atoms with Crippen LogP contribution in [0, 0.1) is 0 Å². The van der Waals surface area contributed by atoms with E-state index in [1.807, 2.05) is 0 Å². The van der Waals surface area contributed by atoms with Crippen LogP contribution in [0.15, 0.2) is 10.6 Å². The first kappa shape index (κ1) is 19.4. The molecule has 23 heavy (non-hydrogen) atoms. The monoisotopic (exact) mass is 337 g/mol. The first-order chi connectivity index (χ1) is 10.4. The molecule has 3 N–H and O–H groups in total. The minimum Gasteiger partial charge on any atom is -0.395 e. The molecule has 0 fully saturated rings. The maximum absolute atomic E-state index is 12.1. The van der Waals surface area contributed by atoms with Gasteiger partial charge in [-0.15, -0.1) is 0 Å². The zero-order valence-corrected chi connectivity index (χ0v) is 13.5. The molecule has 0 saturated heterocycles. The van der Waals surface area contributed by atoms with Crippen molar-refractivity contribution in [3.05, 3.63) is 11.8 Å². The highest BCUT2D eigenvalue weighted by atomic mass is 19.4. The van der Waals surface area contributed by atoms with E-state index in [-0.39, 0.29) is 19.0 Å². The van der Waals surface area contributed by atoms with Crippen molar-refractivity contribution in [2.45, 2.75) is 51.2 Å². The van der Waals surface area contributed by atoms with Gasteiger partial charge in [-0.2, -0.15) is 13.2 Å². The zero-order valence-electron chi connectivity index (χ0n) is 13.5. The third-order valence-corrected chi connectivity index (χ3v) is 3.38. The van der Waals surface area contributed by atoms with Crippen LogP contribution in [-0.4, -0.2) is 41.0 Å². The van der Waals surface area contributed by atoms with Gasteiger partial charge in [0.1, 0.15) is 0 Å². The van der Waals surface area contributed by atoms with Crippen molar-refractivity contribution in [3.63, 3.8) is 0 Å². The standard InChI is InChI=1S/C14H22F3N3O3/c1-12(2,8-21)9-7-10(23-20-9)19-11(22)13(3,4)18-6-5-14(15,16)17/h7,18,21H,5-6,8H2,1-4H3,(H,19,22). The molecule has 0 unspecified atom stereocenters. The molecule has 0 bridgehead atoms. The van der Waals surface area contributed by atoms with Gasteiger partial charge in [0, 0.05) is 18.0 Å². The smallest absolute Gasteiger partial charge is 0.390 e. The molecule has 0 spiro atoms. The lowest BCUT2D eigenvalue weighted by molar-refractivity contribution is -0.135. The zero-order chi connectivity index (χ0) is 17.9. The fourth-order valence-corrected chi connectivity index (χ4v) is 1.60. The van der Waals surface area contributed by atoms with Crippen LogP contribution in [0.25, 0.3) is 0 Å². The number of carbonyl (C=O) groups excluding carboxylic acids is 1. The van der Waals surface area contributed by atoms with Gasteiger partial charge in [0.05, 0.1) is 24.3 Å². The molecule has 1 rings (SSSR count). The van der Waals surface area contributed by atoms with E-state index in [1.54, 1.807) is 13.8 Å². The number of anilines is 1. The van der Waals surface area contributed by atoms with Crippen LogP contribution >= 0.6 is 0 Å². The summed E-state index contributed by atoms with van der Waals surface area (Å²) < 4.78 is 41.4. The molecule has 1 heterocycles. The summed E-state index contributed by atoms with van der Waals surface area (Å²) in [5.74, 6) is -0.485. The average Bonchev–Trinajstić information content (AvgIpc) is 2.86. The summed E-state index contributed by atoms with van der Waals surface area (Å²) in [6.45, 7) is 5.90. The Balaban J connectivity index is 2.64. The third-order valence-electron chi connectivity index (χ3n) is 3.38. The number of aliphatic hydroxyl groups excluding tert-OH is 1. The Morgan fingerprint density at radius 3 is 2.43 bits per heavy atom. The van der Waals surface area contributed by atoms with Crippen molar-refractivity contribution in [1.82, 2.24) is 10.5 Å². The van der Waals surface area contributed by atoms with E-state index in [2.05, 4.69) is 15.8 Å². The highest BCUT2D eigenvalue weighted by Crippen LogP contribution is 2.24. The minimum atomic E-state index is -4.28. The summed E-state index contributed by atoms with van der Waals surface area (Å²) in [4.78, 5) is 12.1. The van der Waals surface area contributed by atoms with E-state index in [0.717, 1.165) is 0 Å². The second-order valence-electron chi connectivity index (χ2n) is 6.49. The maximum atomic E-state index is 12.1. The molecule has 9 heteroatoms. The molecule has 1 aromatic heterocycles. The number of nitrogens with one attached hydrogen (secondary N) is 2. The first-order valence-electron chi connectivity index (χ1n) is 7.09.